The zero-order valence-corrected chi connectivity index (χ0v) is 19.0. The SMILES string of the molecule is CC(C)(C)OC(=O)N[C@@H]1CC[C@H](N(Cc2ccccc2)Cc2ccccc2)[C@H](CO)C1. The summed E-state index contributed by atoms with van der Waals surface area (Å²) in [4.78, 5) is 14.7. The highest BCUT2D eigenvalue weighted by Gasteiger charge is 2.35. The van der Waals surface area contributed by atoms with Gasteiger partial charge in [0.15, 0.2) is 0 Å². The quantitative estimate of drug-likeness (QED) is 0.674. The van der Waals surface area contributed by atoms with E-state index in [0.717, 1.165) is 32.4 Å². The van der Waals surface area contributed by atoms with Crippen molar-refractivity contribution in [3.8, 4) is 0 Å². The minimum atomic E-state index is -0.514. The van der Waals surface area contributed by atoms with Gasteiger partial charge in [-0.2, -0.15) is 0 Å². The standard InChI is InChI=1S/C26H36N2O3/c1-26(2,3)31-25(30)27-23-14-15-24(22(16-23)19-29)28(17-20-10-6-4-7-11-20)18-21-12-8-5-9-13-21/h4-13,22-24,29H,14-19H2,1-3H3,(H,27,30)/t22-,23+,24-/m0/s1. The van der Waals surface area contributed by atoms with Crippen LogP contribution in [-0.4, -0.2) is 40.4 Å². The molecule has 3 rings (SSSR count). The molecule has 0 radical (unpaired) electrons. The molecule has 1 saturated carbocycles. The van der Waals surface area contributed by atoms with Crippen molar-refractivity contribution in [2.75, 3.05) is 6.61 Å². The molecular formula is C26H36N2O3. The highest BCUT2D eigenvalue weighted by atomic mass is 16.6. The molecule has 1 aliphatic carbocycles. The van der Waals surface area contributed by atoms with Gasteiger partial charge in [-0.25, -0.2) is 4.79 Å². The number of ether oxygens (including phenoxy) is 1. The molecule has 0 bridgehead atoms. The lowest BCUT2D eigenvalue weighted by molar-refractivity contribution is 0.0304. The molecule has 0 unspecified atom stereocenters. The van der Waals surface area contributed by atoms with Crippen LogP contribution in [0.1, 0.15) is 51.2 Å². The number of hydrogen-bond acceptors (Lipinski definition) is 4. The van der Waals surface area contributed by atoms with E-state index in [9.17, 15) is 9.90 Å². The average molecular weight is 425 g/mol. The number of nitrogens with zero attached hydrogens (tertiary/aromatic N) is 1. The molecule has 1 aliphatic rings. The molecule has 0 heterocycles. The van der Waals surface area contributed by atoms with Crippen LogP contribution >= 0.6 is 0 Å². The molecule has 1 fully saturated rings. The summed E-state index contributed by atoms with van der Waals surface area (Å²) < 4.78 is 5.42. The van der Waals surface area contributed by atoms with Gasteiger partial charge in [0.05, 0.1) is 0 Å². The summed E-state index contributed by atoms with van der Waals surface area (Å²) in [5.74, 6) is 0.0983. The normalized spacial score (nSPS) is 21.6. The smallest absolute Gasteiger partial charge is 0.407 e. The number of benzene rings is 2. The van der Waals surface area contributed by atoms with E-state index in [0.29, 0.717) is 0 Å². The predicted octanol–water partition coefficient (Wildman–Crippen LogP) is 4.74. The fraction of sp³-hybridized carbons (Fsp3) is 0.500. The van der Waals surface area contributed by atoms with E-state index >= 15 is 0 Å². The van der Waals surface area contributed by atoms with Crippen molar-refractivity contribution in [1.82, 2.24) is 10.2 Å². The van der Waals surface area contributed by atoms with Crippen LogP contribution in [0.25, 0.3) is 0 Å². The van der Waals surface area contributed by atoms with Crippen molar-refractivity contribution in [1.29, 1.82) is 0 Å². The second-order valence-corrected chi connectivity index (χ2v) is 9.54. The molecule has 31 heavy (non-hydrogen) atoms. The van der Waals surface area contributed by atoms with E-state index in [1.54, 1.807) is 0 Å². The van der Waals surface area contributed by atoms with Gasteiger partial charge in [0.1, 0.15) is 5.60 Å². The molecule has 168 valence electrons. The van der Waals surface area contributed by atoms with E-state index in [2.05, 4.69) is 58.7 Å². The van der Waals surface area contributed by atoms with Crippen molar-refractivity contribution >= 4 is 6.09 Å². The summed E-state index contributed by atoms with van der Waals surface area (Å²) in [5.41, 5.74) is 2.02. The Morgan fingerprint density at radius 2 is 1.55 bits per heavy atom. The van der Waals surface area contributed by atoms with Crippen LogP contribution in [0.4, 0.5) is 4.79 Å². The largest absolute Gasteiger partial charge is 0.444 e. The Morgan fingerprint density at radius 3 is 2.03 bits per heavy atom. The summed E-state index contributed by atoms with van der Waals surface area (Å²) in [6.45, 7) is 7.38. The van der Waals surface area contributed by atoms with Crippen LogP contribution in [0.5, 0.6) is 0 Å². The van der Waals surface area contributed by atoms with Gasteiger partial charge in [0.2, 0.25) is 0 Å². The van der Waals surface area contributed by atoms with Gasteiger partial charge < -0.3 is 15.2 Å². The average Bonchev–Trinajstić information content (AvgIpc) is 2.73. The Labute approximate surface area is 186 Å². The highest BCUT2D eigenvalue weighted by molar-refractivity contribution is 5.68. The lowest BCUT2D eigenvalue weighted by Gasteiger charge is -2.42. The first-order valence-corrected chi connectivity index (χ1v) is 11.3. The minimum absolute atomic E-state index is 0.0264. The Kier molecular flexibility index (Phi) is 8.10. The molecule has 5 nitrogen and oxygen atoms in total. The van der Waals surface area contributed by atoms with Crippen molar-refractivity contribution in [3.63, 3.8) is 0 Å². The van der Waals surface area contributed by atoms with Gasteiger partial charge in [-0.15, -0.1) is 0 Å². The highest BCUT2D eigenvalue weighted by Crippen LogP contribution is 2.31. The van der Waals surface area contributed by atoms with E-state index in [1.807, 2.05) is 32.9 Å². The fourth-order valence-corrected chi connectivity index (χ4v) is 4.46. The molecule has 0 saturated heterocycles. The lowest BCUT2D eigenvalue weighted by Crippen LogP contribution is -2.50. The summed E-state index contributed by atoms with van der Waals surface area (Å²) in [5, 5.41) is 13.2. The van der Waals surface area contributed by atoms with Crippen molar-refractivity contribution in [3.05, 3.63) is 71.8 Å². The van der Waals surface area contributed by atoms with Crippen molar-refractivity contribution in [2.24, 2.45) is 5.92 Å². The van der Waals surface area contributed by atoms with Crippen LogP contribution in [0.3, 0.4) is 0 Å². The first-order chi connectivity index (χ1) is 14.8. The van der Waals surface area contributed by atoms with E-state index in [4.69, 9.17) is 4.74 Å². The number of aliphatic hydroxyl groups excluding tert-OH is 1. The van der Waals surface area contributed by atoms with Crippen LogP contribution in [0, 0.1) is 5.92 Å². The molecule has 0 aromatic heterocycles. The molecular weight excluding hydrogens is 388 g/mol. The van der Waals surface area contributed by atoms with E-state index < -0.39 is 5.60 Å². The monoisotopic (exact) mass is 424 g/mol. The number of amides is 1. The fourth-order valence-electron chi connectivity index (χ4n) is 4.46. The third-order valence-corrected chi connectivity index (χ3v) is 5.82. The number of aliphatic hydroxyl groups is 1. The molecule has 1 amide bonds. The summed E-state index contributed by atoms with van der Waals surface area (Å²) in [6.07, 6.45) is 2.17. The molecule has 2 aromatic carbocycles. The van der Waals surface area contributed by atoms with Gasteiger partial charge >= 0.3 is 6.09 Å². The number of rotatable bonds is 7. The number of carbonyl (C=O) groups is 1. The van der Waals surface area contributed by atoms with Crippen LogP contribution in [-0.2, 0) is 17.8 Å². The molecule has 0 spiro atoms. The maximum atomic E-state index is 12.2. The van der Waals surface area contributed by atoms with Gasteiger partial charge in [0.25, 0.3) is 0 Å². The molecule has 2 aromatic rings. The number of carbonyl (C=O) groups excluding carboxylic acids is 1. The maximum Gasteiger partial charge on any atom is 0.407 e. The maximum absolute atomic E-state index is 12.2. The Hall–Kier alpha value is -2.37. The third-order valence-electron chi connectivity index (χ3n) is 5.82. The van der Waals surface area contributed by atoms with Crippen LogP contribution in [0.15, 0.2) is 60.7 Å². The first-order valence-electron chi connectivity index (χ1n) is 11.3. The summed E-state index contributed by atoms with van der Waals surface area (Å²) in [7, 11) is 0. The number of nitrogens with one attached hydrogen (secondary N) is 1. The zero-order chi connectivity index (χ0) is 22.3. The topological polar surface area (TPSA) is 61.8 Å². The van der Waals surface area contributed by atoms with Crippen molar-refractivity contribution in [2.45, 2.75) is 70.8 Å². The van der Waals surface area contributed by atoms with Gasteiger partial charge in [-0.05, 0) is 57.1 Å². The second-order valence-electron chi connectivity index (χ2n) is 9.54. The number of hydrogen-bond donors (Lipinski definition) is 2. The van der Waals surface area contributed by atoms with Crippen molar-refractivity contribution < 1.29 is 14.6 Å². The van der Waals surface area contributed by atoms with Crippen LogP contribution < -0.4 is 5.32 Å². The van der Waals surface area contributed by atoms with Gasteiger partial charge in [-0.3, -0.25) is 4.90 Å². The second kappa shape index (κ2) is 10.8. The zero-order valence-electron chi connectivity index (χ0n) is 19.0. The predicted molar refractivity (Wildman–Crippen MR) is 124 cm³/mol. The Bertz CT molecular complexity index is 763. The van der Waals surface area contributed by atoms with Crippen LogP contribution in [0.2, 0.25) is 0 Å². The first kappa shape index (κ1) is 23.3. The summed E-state index contributed by atoms with van der Waals surface area (Å²) >= 11 is 0. The number of alkyl carbamates (subject to hydrolysis) is 1. The minimum Gasteiger partial charge on any atom is -0.444 e. The molecule has 3 atom stereocenters. The lowest BCUT2D eigenvalue weighted by atomic mass is 9.80. The van der Waals surface area contributed by atoms with E-state index in [1.165, 1.54) is 11.1 Å². The van der Waals surface area contributed by atoms with Gasteiger partial charge in [-0.1, -0.05) is 60.7 Å². The third kappa shape index (κ3) is 7.37. The molecule has 0 aliphatic heterocycles. The Morgan fingerprint density at radius 1 is 1.00 bits per heavy atom. The summed E-state index contributed by atoms with van der Waals surface area (Å²) in [6, 6.07) is 21.3. The van der Waals surface area contributed by atoms with E-state index in [-0.39, 0.29) is 30.7 Å². The molecule has 5 heteroatoms. The molecule has 2 N–H and O–H groups in total. The Balaban J connectivity index is 1.70. The van der Waals surface area contributed by atoms with Gasteiger partial charge in [0, 0.05) is 31.8 Å².